The summed E-state index contributed by atoms with van der Waals surface area (Å²) in [5.74, 6) is 7.84. The molecule has 4 aromatic heterocycles. The molecule has 0 spiro atoms. The van der Waals surface area contributed by atoms with Crippen molar-refractivity contribution >= 4 is 48.8 Å². The van der Waals surface area contributed by atoms with Crippen LogP contribution in [0.15, 0.2) is 85.3 Å². The van der Waals surface area contributed by atoms with Crippen LogP contribution in [0.25, 0.3) is 55.7 Å². The average Bonchev–Trinajstić information content (AvgIpc) is 3.58. The summed E-state index contributed by atoms with van der Waals surface area (Å²) in [6.45, 7) is 11.2. The van der Waals surface area contributed by atoms with E-state index in [4.69, 9.17) is 4.98 Å². The second-order valence-electron chi connectivity index (χ2n) is 13.0. The molecule has 7 nitrogen and oxygen atoms in total. The summed E-state index contributed by atoms with van der Waals surface area (Å²) < 4.78 is 18.1. The second kappa shape index (κ2) is 11.6. The molecule has 9 heteroatoms. The van der Waals surface area contributed by atoms with E-state index in [-0.39, 0.29) is 11.2 Å². The number of nitrogens with zero attached hydrogens (tertiary/aromatic N) is 3. The number of anilines is 1. The summed E-state index contributed by atoms with van der Waals surface area (Å²) >= 11 is 0. The topological polar surface area (TPSA) is 94.3 Å². The summed E-state index contributed by atoms with van der Waals surface area (Å²) in [5, 5.41) is 12.1. The molecule has 0 saturated heterocycles. The van der Waals surface area contributed by atoms with Crippen molar-refractivity contribution in [3.8, 4) is 33.8 Å². The molecular weight excluding hydrogens is 582 g/mol. The molecule has 2 aromatic carbocycles. The number of aromatic amines is 2. The molecule has 0 amide bonds. The maximum Gasteiger partial charge on any atom is 0.135 e. The molecule has 0 unspecified atom stereocenters. The maximum absolute atomic E-state index is 14.8. The fraction of sp³-hybridized carbons (Fsp3) is 0.194. The largest absolute Gasteiger partial charge is 0.358 e. The fourth-order valence-electron chi connectivity index (χ4n) is 5.48. The van der Waals surface area contributed by atoms with Crippen molar-refractivity contribution in [2.45, 2.75) is 33.7 Å². The zero-order valence-electron chi connectivity index (χ0n) is 26.1. The van der Waals surface area contributed by atoms with E-state index < -0.39 is 9.39 Å². The Morgan fingerprint density at radius 1 is 0.978 bits per heavy atom. The van der Waals surface area contributed by atoms with E-state index in [2.05, 4.69) is 75.4 Å². The summed E-state index contributed by atoms with van der Waals surface area (Å²) in [6.07, 6.45) is 6.40. The number of rotatable bonds is 9. The lowest BCUT2D eigenvalue weighted by atomic mass is 9.91. The van der Waals surface area contributed by atoms with Gasteiger partial charge in [-0.2, -0.15) is 14.5 Å². The molecule has 0 radical (unpaired) electrons. The van der Waals surface area contributed by atoms with Crippen molar-refractivity contribution in [2.75, 3.05) is 11.6 Å². The highest BCUT2D eigenvalue weighted by Crippen LogP contribution is 2.35. The Kier molecular flexibility index (Phi) is 7.84. The first kappa shape index (κ1) is 30.3. The van der Waals surface area contributed by atoms with Gasteiger partial charge in [-0.05, 0) is 83.3 Å². The Balaban J connectivity index is 1.34. The maximum atomic E-state index is 14.8. The Hall–Kier alpha value is -4.73. The molecule has 6 aromatic rings. The van der Waals surface area contributed by atoms with Crippen LogP contribution >= 0.6 is 9.39 Å². The lowest BCUT2D eigenvalue weighted by Gasteiger charge is -2.20. The van der Waals surface area contributed by atoms with Gasteiger partial charge in [-0.25, -0.2) is 9.37 Å². The Labute approximate surface area is 263 Å². The van der Waals surface area contributed by atoms with E-state index in [1.165, 1.54) is 0 Å². The van der Waals surface area contributed by atoms with Crippen molar-refractivity contribution in [3.63, 3.8) is 0 Å². The quantitative estimate of drug-likeness (QED) is 0.122. The number of pyridine rings is 2. The van der Waals surface area contributed by atoms with Crippen LogP contribution in [0.3, 0.4) is 0 Å². The van der Waals surface area contributed by atoms with Crippen LogP contribution in [0.4, 0.5) is 10.1 Å². The van der Waals surface area contributed by atoms with Crippen LogP contribution in [-0.4, -0.2) is 43.1 Å². The van der Waals surface area contributed by atoms with Crippen LogP contribution < -0.4 is 10.0 Å². The van der Waals surface area contributed by atoms with Gasteiger partial charge in [0.1, 0.15) is 17.0 Å². The first-order chi connectivity index (χ1) is 21.3. The first-order valence-electron chi connectivity index (χ1n) is 14.7. The molecule has 0 aliphatic rings. The highest BCUT2D eigenvalue weighted by Gasteiger charge is 2.17. The molecule has 0 aliphatic carbocycles. The third-order valence-corrected chi connectivity index (χ3v) is 8.16. The smallest absolute Gasteiger partial charge is 0.135 e. The van der Waals surface area contributed by atoms with Gasteiger partial charge in [-0.3, -0.25) is 14.8 Å². The zero-order chi connectivity index (χ0) is 31.9. The summed E-state index contributed by atoms with van der Waals surface area (Å²) in [7, 11) is -1.42. The predicted molar refractivity (Wildman–Crippen MR) is 191 cm³/mol. The average molecular weight is 620 g/mol. The van der Waals surface area contributed by atoms with E-state index in [0.717, 1.165) is 73.4 Å². The number of hydrogen-bond donors (Lipinski definition) is 4. The third kappa shape index (κ3) is 7.00. The first-order valence-corrected chi connectivity index (χ1v) is 17.1. The molecule has 230 valence electrons. The monoisotopic (exact) mass is 619 g/mol. The molecule has 0 aliphatic heterocycles. The number of H-pyrrole nitrogens is 2. The van der Waals surface area contributed by atoms with E-state index in [1.54, 1.807) is 24.5 Å². The van der Waals surface area contributed by atoms with Crippen molar-refractivity contribution in [2.24, 2.45) is 5.41 Å². The number of fused-ring (bicyclic) bond motifs is 2. The van der Waals surface area contributed by atoms with E-state index >= 15 is 0 Å². The second-order valence-corrected chi connectivity index (χ2v) is 15.8. The van der Waals surface area contributed by atoms with Gasteiger partial charge in [0, 0.05) is 34.9 Å². The van der Waals surface area contributed by atoms with E-state index in [9.17, 15) is 4.39 Å². The zero-order valence-corrected chi connectivity index (χ0v) is 26.9. The molecule has 0 saturated carbocycles. The third-order valence-electron chi connectivity index (χ3n) is 7.32. The van der Waals surface area contributed by atoms with Crippen molar-refractivity contribution in [1.82, 2.24) is 29.9 Å². The molecule has 45 heavy (non-hydrogen) atoms. The van der Waals surface area contributed by atoms with Gasteiger partial charge in [0.2, 0.25) is 0 Å². The van der Waals surface area contributed by atoms with Gasteiger partial charge in [0.15, 0.2) is 0 Å². The number of hydrogen-bond acceptors (Lipinski definition) is 5. The molecule has 4 N–H and O–H groups in total. The molecule has 0 bridgehead atoms. The molecule has 0 atom stereocenters. The van der Waals surface area contributed by atoms with Crippen molar-refractivity contribution in [1.29, 1.82) is 0 Å². The number of halogens is 1. The number of allylic oxidation sites excluding steroid dienone is 1. The molecular formula is C36H38FN7S. The normalized spacial score (nSPS) is 12.2. The highest BCUT2D eigenvalue weighted by molar-refractivity contribution is 8.25. The van der Waals surface area contributed by atoms with Gasteiger partial charge in [-0.1, -0.05) is 51.2 Å². The van der Waals surface area contributed by atoms with Gasteiger partial charge < -0.3 is 10.3 Å². The van der Waals surface area contributed by atoms with Crippen molar-refractivity contribution in [3.05, 3.63) is 96.7 Å². The van der Waals surface area contributed by atoms with Gasteiger partial charge in [0.25, 0.3) is 0 Å². The van der Waals surface area contributed by atoms with Gasteiger partial charge in [-0.15, -0.1) is 0 Å². The minimum absolute atomic E-state index is 0.128. The Bertz CT molecular complexity index is 2170. The minimum Gasteiger partial charge on any atom is -0.358 e. The van der Waals surface area contributed by atoms with Crippen LogP contribution in [0.2, 0.25) is 0 Å². The van der Waals surface area contributed by atoms with Crippen LogP contribution in [0, 0.1) is 11.2 Å². The summed E-state index contributed by atoms with van der Waals surface area (Å²) in [4.78, 5) is 13.0. The Morgan fingerprint density at radius 3 is 2.58 bits per heavy atom. The highest BCUT2D eigenvalue weighted by atomic mass is 32.2. The standard InChI is InChI=1S/C36H38FN7S/c1-22(18-36(2,3)4)40-27-16-25(20-38-21-27)30-11-12-32-34(42-30)35(44-43-32)33-17-29-28(9-8-10-31(29)41-33)24-13-23(14-26(37)15-24)19-39-45(5,6)7/h8-17,20-21,39-41H,1,5-6,18-19H2,2-4,7H3,(H,43,44). The van der Waals surface area contributed by atoms with Crippen LogP contribution in [0.1, 0.15) is 32.8 Å². The molecule has 4 heterocycles. The summed E-state index contributed by atoms with van der Waals surface area (Å²) in [5.41, 5.74) is 10.1. The van der Waals surface area contributed by atoms with Gasteiger partial charge in [0.05, 0.1) is 28.8 Å². The number of benzene rings is 2. The van der Waals surface area contributed by atoms with E-state index in [0.29, 0.717) is 12.2 Å². The SMILES string of the molecule is C=C(CC(C)(C)C)Nc1cncc(-c2ccc3[nH]nc(-c4cc5c(-c6cc(F)cc(CNS(=C)(=C)C)c6)cccc5[nH]4)c3n2)c1. The lowest BCUT2D eigenvalue weighted by Crippen LogP contribution is -2.10. The minimum atomic E-state index is -1.42. The molecule has 6 rings (SSSR count). The predicted octanol–water partition coefficient (Wildman–Crippen LogP) is 8.64. The van der Waals surface area contributed by atoms with Crippen molar-refractivity contribution < 1.29 is 4.39 Å². The van der Waals surface area contributed by atoms with Gasteiger partial charge >= 0.3 is 0 Å². The lowest BCUT2D eigenvalue weighted by molar-refractivity contribution is 0.411. The number of nitrogens with one attached hydrogen (secondary N) is 4. The fourth-order valence-corrected chi connectivity index (χ4v) is 6.00. The van der Waals surface area contributed by atoms with Crippen LogP contribution in [0.5, 0.6) is 0 Å². The summed E-state index contributed by atoms with van der Waals surface area (Å²) in [6, 6.07) is 19.1. The Morgan fingerprint density at radius 2 is 1.80 bits per heavy atom. The molecule has 0 fully saturated rings. The van der Waals surface area contributed by atoms with E-state index in [1.807, 2.05) is 48.7 Å². The van der Waals surface area contributed by atoms with Crippen LogP contribution in [-0.2, 0) is 6.54 Å². The number of aromatic nitrogens is 5.